The minimum Gasteiger partial charge on any atom is -0.480 e. The molecule has 1 aliphatic rings. The molecule has 90 valence electrons. The predicted molar refractivity (Wildman–Crippen MR) is 56.8 cm³/mol. The van der Waals surface area contributed by atoms with Crippen molar-refractivity contribution in [3.63, 3.8) is 0 Å². The summed E-state index contributed by atoms with van der Waals surface area (Å²) in [6, 6.07) is 3.12. The van der Waals surface area contributed by atoms with Gasteiger partial charge in [-0.3, -0.25) is 4.79 Å². The summed E-state index contributed by atoms with van der Waals surface area (Å²) in [6.07, 6.45) is 0. The van der Waals surface area contributed by atoms with Crippen molar-refractivity contribution >= 4 is 17.6 Å². The summed E-state index contributed by atoms with van der Waals surface area (Å²) in [7, 11) is 0. The van der Waals surface area contributed by atoms with Gasteiger partial charge >= 0.3 is 5.97 Å². The van der Waals surface area contributed by atoms with Crippen molar-refractivity contribution in [1.29, 1.82) is 0 Å². The van der Waals surface area contributed by atoms with Gasteiger partial charge in [0.15, 0.2) is 17.5 Å². The van der Waals surface area contributed by atoms with Gasteiger partial charge in [-0.25, -0.2) is 4.79 Å². The highest BCUT2D eigenvalue weighted by Crippen LogP contribution is 2.34. The number of anilines is 1. The van der Waals surface area contributed by atoms with Crippen LogP contribution in [0, 0.1) is 0 Å². The van der Waals surface area contributed by atoms with Gasteiger partial charge in [-0.1, -0.05) is 0 Å². The van der Waals surface area contributed by atoms with Crippen molar-refractivity contribution in [1.82, 2.24) is 0 Å². The first-order valence-electron chi connectivity index (χ1n) is 4.77. The molecule has 2 rings (SSSR count). The maximum atomic E-state index is 11.4. The fourth-order valence-electron chi connectivity index (χ4n) is 1.31. The summed E-state index contributed by atoms with van der Waals surface area (Å²) in [4.78, 5) is 21.9. The van der Waals surface area contributed by atoms with Crippen molar-refractivity contribution in [2.45, 2.75) is 6.04 Å². The molecule has 0 saturated heterocycles. The molecule has 1 aliphatic heterocycles. The van der Waals surface area contributed by atoms with E-state index in [0.29, 0.717) is 17.2 Å². The Morgan fingerprint density at radius 2 is 2.06 bits per heavy atom. The molecule has 0 saturated carbocycles. The molecular weight excluding hydrogens is 228 g/mol. The lowest BCUT2D eigenvalue weighted by Gasteiger charge is -2.08. The Morgan fingerprint density at radius 3 is 2.76 bits per heavy atom. The Labute approximate surface area is 96.1 Å². The van der Waals surface area contributed by atoms with Crippen LogP contribution < -0.4 is 20.5 Å². The molecule has 1 aromatic carbocycles. The first-order chi connectivity index (χ1) is 8.08. The number of carboxylic acid groups (broad SMARTS) is 1. The number of nitrogens with one attached hydrogen (secondary N) is 1. The van der Waals surface area contributed by atoms with Crippen LogP contribution in [-0.4, -0.2) is 29.8 Å². The van der Waals surface area contributed by atoms with E-state index in [-0.39, 0.29) is 6.79 Å². The van der Waals surface area contributed by atoms with Crippen LogP contribution in [0.3, 0.4) is 0 Å². The van der Waals surface area contributed by atoms with Gasteiger partial charge in [-0.15, -0.1) is 0 Å². The lowest BCUT2D eigenvalue weighted by atomic mass is 10.2. The molecule has 1 aromatic rings. The molecule has 1 heterocycles. The standard InChI is InChI=1S/C10H10N2O5/c11-8(10(14)15)9(13)12-5-1-2-6-7(3-5)17-4-16-6/h1-3,8H,4,11H2,(H,12,13)(H,14,15). The lowest BCUT2D eigenvalue weighted by Crippen LogP contribution is -2.42. The summed E-state index contributed by atoms with van der Waals surface area (Å²) in [5.74, 6) is -1.11. The topological polar surface area (TPSA) is 111 Å². The first kappa shape index (κ1) is 11.2. The molecule has 1 atom stereocenters. The third kappa shape index (κ3) is 2.28. The molecule has 17 heavy (non-hydrogen) atoms. The Morgan fingerprint density at radius 1 is 1.35 bits per heavy atom. The van der Waals surface area contributed by atoms with Gasteiger partial charge in [0.25, 0.3) is 5.91 Å². The highest BCUT2D eigenvalue weighted by molar-refractivity contribution is 6.07. The molecule has 0 bridgehead atoms. The van der Waals surface area contributed by atoms with Crippen molar-refractivity contribution in [3.05, 3.63) is 18.2 Å². The van der Waals surface area contributed by atoms with Crippen LogP contribution in [0.15, 0.2) is 18.2 Å². The van der Waals surface area contributed by atoms with Crippen LogP contribution >= 0.6 is 0 Å². The molecule has 1 amide bonds. The van der Waals surface area contributed by atoms with Crippen molar-refractivity contribution in [2.75, 3.05) is 12.1 Å². The van der Waals surface area contributed by atoms with E-state index < -0.39 is 17.9 Å². The molecule has 0 aliphatic carbocycles. The van der Waals surface area contributed by atoms with Gasteiger partial charge < -0.3 is 25.6 Å². The average molecular weight is 238 g/mol. The fraction of sp³-hybridized carbons (Fsp3) is 0.200. The summed E-state index contributed by atoms with van der Waals surface area (Å²) in [6.45, 7) is 0.126. The van der Waals surface area contributed by atoms with Crippen molar-refractivity contribution in [3.8, 4) is 11.5 Å². The van der Waals surface area contributed by atoms with E-state index in [2.05, 4.69) is 5.32 Å². The Hall–Kier alpha value is -2.28. The van der Waals surface area contributed by atoms with E-state index in [4.69, 9.17) is 20.3 Å². The molecule has 7 heteroatoms. The Balaban J connectivity index is 2.09. The number of hydrogen-bond donors (Lipinski definition) is 3. The molecular formula is C10H10N2O5. The van der Waals surface area contributed by atoms with Crippen LogP contribution in [0.4, 0.5) is 5.69 Å². The smallest absolute Gasteiger partial charge is 0.330 e. The zero-order valence-corrected chi connectivity index (χ0v) is 8.67. The van der Waals surface area contributed by atoms with Gasteiger partial charge in [0.1, 0.15) is 0 Å². The van der Waals surface area contributed by atoms with E-state index in [0.717, 1.165) is 0 Å². The third-order valence-corrected chi connectivity index (χ3v) is 2.19. The lowest BCUT2D eigenvalue weighted by molar-refractivity contribution is -0.141. The molecule has 1 unspecified atom stereocenters. The van der Waals surface area contributed by atoms with Gasteiger partial charge in [0, 0.05) is 11.8 Å². The zero-order chi connectivity index (χ0) is 12.4. The minimum atomic E-state index is -1.60. The maximum absolute atomic E-state index is 11.4. The quantitative estimate of drug-likeness (QED) is 0.627. The zero-order valence-electron chi connectivity index (χ0n) is 8.67. The number of rotatable bonds is 3. The second-order valence-corrected chi connectivity index (χ2v) is 3.37. The molecule has 4 N–H and O–H groups in total. The predicted octanol–water partition coefficient (Wildman–Crippen LogP) is -0.234. The number of benzene rings is 1. The third-order valence-electron chi connectivity index (χ3n) is 2.19. The molecule has 0 radical (unpaired) electrons. The van der Waals surface area contributed by atoms with Crippen LogP contribution in [0.2, 0.25) is 0 Å². The molecule has 0 spiro atoms. The van der Waals surface area contributed by atoms with Crippen LogP contribution in [0.5, 0.6) is 11.5 Å². The summed E-state index contributed by atoms with van der Waals surface area (Å²) >= 11 is 0. The highest BCUT2D eigenvalue weighted by Gasteiger charge is 2.22. The number of carbonyl (C=O) groups is 2. The summed E-state index contributed by atoms with van der Waals surface area (Å²) in [5.41, 5.74) is 5.55. The van der Waals surface area contributed by atoms with E-state index in [1.807, 2.05) is 0 Å². The average Bonchev–Trinajstić information content (AvgIpc) is 2.74. The number of carbonyl (C=O) groups excluding carboxylic acids is 1. The van der Waals surface area contributed by atoms with Crippen LogP contribution in [0.1, 0.15) is 0 Å². The number of aliphatic carboxylic acids is 1. The fourth-order valence-corrected chi connectivity index (χ4v) is 1.31. The van der Waals surface area contributed by atoms with Gasteiger partial charge in [0.2, 0.25) is 6.79 Å². The second-order valence-electron chi connectivity index (χ2n) is 3.37. The monoisotopic (exact) mass is 238 g/mol. The molecule has 7 nitrogen and oxygen atoms in total. The van der Waals surface area contributed by atoms with Gasteiger partial charge in [-0.2, -0.15) is 0 Å². The van der Waals surface area contributed by atoms with E-state index >= 15 is 0 Å². The van der Waals surface area contributed by atoms with Crippen molar-refractivity contribution in [2.24, 2.45) is 5.73 Å². The number of amides is 1. The largest absolute Gasteiger partial charge is 0.480 e. The maximum Gasteiger partial charge on any atom is 0.330 e. The summed E-state index contributed by atoms with van der Waals surface area (Å²) < 4.78 is 10.2. The van der Waals surface area contributed by atoms with Gasteiger partial charge in [0.05, 0.1) is 0 Å². The normalized spacial score (nSPS) is 14.2. The van der Waals surface area contributed by atoms with E-state index in [9.17, 15) is 9.59 Å². The number of ether oxygens (including phenoxy) is 2. The SMILES string of the molecule is NC(C(=O)O)C(=O)Nc1ccc2c(c1)OCO2. The second kappa shape index (κ2) is 4.30. The van der Waals surface area contributed by atoms with E-state index in [1.165, 1.54) is 6.07 Å². The Bertz CT molecular complexity index is 474. The van der Waals surface area contributed by atoms with Crippen LogP contribution in [0.25, 0.3) is 0 Å². The van der Waals surface area contributed by atoms with Crippen molar-refractivity contribution < 1.29 is 24.2 Å². The Kier molecular flexibility index (Phi) is 2.84. The number of hydrogen-bond acceptors (Lipinski definition) is 5. The van der Waals surface area contributed by atoms with E-state index in [1.54, 1.807) is 12.1 Å². The molecule has 0 aromatic heterocycles. The number of fused-ring (bicyclic) bond motifs is 1. The highest BCUT2D eigenvalue weighted by atomic mass is 16.7. The number of nitrogens with two attached hydrogens (primary N) is 1. The number of carboxylic acids is 1. The first-order valence-corrected chi connectivity index (χ1v) is 4.77. The van der Waals surface area contributed by atoms with Gasteiger partial charge in [-0.05, 0) is 12.1 Å². The molecule has 0 fully saturated rings. The van der Waals surface area contributed by atoms with Crippen LogP contribution in [-0.2, 0) is 9.59 Å². The minimum absolute atomic E-state index is 0.126. The summed E-state index contributed by atoms with van der Waals surface area (Å²) in [5, 5.41) is 10.9.